The minimum Gasteiger partial charge on any atom is -0.457 e. The lowest BCUT2D eigenvalue weighted by Gasteiger charge is -2.26. The average molecular weight is 285 g/mol. The van der Waals surface area contributed by atoms with E-state index in [1.807, 2.05) is 0 Å². The zero-order valence-corrected chi connectivity index (χ0v) is 12.6. The van der Waals surface area contributed by atoms with Crippen molar-refractivity contribution < 1.29 is 14.4 Å². The number of rotatable bonds is 4. The van der Waals surface area contributed by atoms with E-state index in [4.69, 9.17) is 15.3 Å². The van der Waals surface area contributed by atoms with Crippen LogP contribution in [0.5, 0.6) is 0 Å². The number of oxime groups is 1. The number of esters is 1. The van der Waals surface area contributed by atoms with Gasteiger partial charge in [-0.3, -0.25) is 0 Å². The maximum absolute atomic E-state index is 11.9. The number of carbonyl (C=O) groups is 1. The molecular formula is C12H19N3O3S. The third-order valence-electron chi connectivity index (χ3n) is 1.90. The Bertz CT molecular complexity index is 475. The summed E-state index contributed by atoms with van der Waals surface area (Å²) in [4.78, 5) is 21.0. The van der Waals surface area contributed by atoms with Gasteiger partial charge in [0.05, 0.1) is 11.9 Å². The summed E-state index contributed by atoms with van der Waals surface area (Å²) in [5.74, 6) is -0.477. The van der Waals surface area contributed by atoms with Crippen LogP contribution in [0.1, 0.15) is 40.3 Å². The fourth-order valence-electron chi connectivity index (χ4n) is 1.01. The summed E-state index contributed by atoms with van der Waals surface area (Å²) in [5, 5.41) is 5.93. The Hall–Kier alpha value is -1.63. The molecule has 0 aliphatic heterocycles. The summed E-state index contributed by atoms with van der Waals surface area (Å²) < 4.78 is 5.24. The zero-order chi connectivity index (χ0) is 14.7. The number of aromatic nitrogens is 1. The van der Waals surface area contributed by atoms with Crippen molar-refractivity contribution in [3.8, 4) is 0 Å². The summed E-state index contributed by atoms with van der Waals surface area (Å²) in [6.45, 7) is 8.56. The minimum atomic E-state index is -1.16. The summed E-state index contributed by atoms with van der Waals surface area (Å²) in [6.07, 6.45) is 1.40. The molecule has 6 nitrogen and oxygen atoms in total. The Morgan fingerprint density at radius 1 is 1.42 bits per heavy atom. The number of nitrogens with two attached hydrogens (primary N) is 1. The van der Waals surface area contributed by atoms with Crippen LogP contribution in [0.15, 0.2) is 10.5 Å². The molecule has 0 spiro atoms. The molecule has 0 fully saturated rings. The van der Waals surface area contributed by atoms with Gasteiger partial charge in [0.15, 0.2) is 5.13 Å². The number of anilines is 1. The van der Waals surface area contributed by atoms with E-state index in [0.717, 1.165) is 0 Å². The molecule has 1 aromatic rings. The first kappa shape index (κ1) is 15.4. The summed E-state index contributed by atoms with van der Waals surface area (Å²) >= 11 is 1.30. The van der Waals surface area contributed by atoms with Gasteiger partial charge in [-0.25, -0.2) is 9.78 Å². The summed E-state index contributed by atoms with van der Waals surface area (Å²) in [6, 6.07) is 0. The normalized spacial score (nSPS) is 12.7. The third-order valence-corrected chi connectivity index (χ3v) is 2.59. The second-order valence-corrected chi connectivity index (χ2v) is 6.34. The first-order chi connectivity index (χ1) is 8.60. The van der Waals surface area contributed by atoms with Crippen molar-refractivity contribution in [3.05, 3.63) is 11.1 Å². The SMILES string of the molecule is CC(C)(C)OC(=O)C(C)(C)O/N=C\c1csc(N)n1. The molecule has 2 N–H and O–H groups in total. The van der Waals surface area contributed by atoms with E-state index in [0.29, 0.717) is 10.8 Å². The predicted molar refractivity (Wildman–Crippen MR) is 75.1 cm³/mol. The topological polar surface area (TPSA) is 86.8 Å². The molecule has 19 heavy (non-hydrogen) atoms. The Morgan fingerprint density at radius 2 is 2.05 bits per heavy atom. The molecule has 0 amide bonds. The van der Waals surface area contributed by atoms with Crippen molar-refractivity contribution in [3.63, 3.8) is 0 Å². The molecule has 7 heteroatoms. The van der Waals surface area contributed by atoms with E-state index in [1.54, 1.807) is 40.0 Å². The number of thiazole rings is 1. The first-order valence-corrected chi connectivity index (χ1v) is 6.64. The molecule has 0 bridgehead atoms. The lowest BCUT2D eigenvalue weighted by Crippen LogP contribution is -2.39. The maximum Gasteiger partial charge on any atom is 0.353 e. The van der Waals surface area contributed by atoms with E-state index in [2.05, 4.69) is 10.1 Å². The van der Waals surface area contributed by atoms with Crippen molar-refractivity contribution in [2.75, 3.05) is 5.73 Å². The smallest absolute Gasteiger partial charge is 0.353 e. The molecule has 0 saturated heterocycles. The molecule has 0 saturated carbocycles. The van der Waals surface area contributed by atoms with E-state index < -0.39 is 17.2 Å². The highest BCUT2D eigenvalue weighted by Gasteiger charge is 2.35. The molecular weight excluding hydrogens is 266 g/mol. The summed E-state index contributed by atoms with van der Waals surface area (Å²) in [7, 11) is 0. The largest absolute Gasteiger partial charge is 0.457 e. The third kappa shape index (κ3) is 5.25. The number of hydrogen-bond donors (Lipinski definition) is 1. The van der Waals surface area contributed by atoms with Gasteiger partial charge in [0.25, 0.3) is 0 Å². The molecule has 1 aromatic heterocycles. The second kappa shape index (κ2) is 5.56. The molecule has 1 heterocycles. The number of ether oxygens (including phenoxy) is 1. The minimum absolute atomic E-state index is 0.452. The predicted octanol–water partition coefficient (Wildman–Crippen LogP) is 2.20. The van der Waals surface area contributed by atoms with Gasteiger partial charge in [0.1, 0.15) is 5.60 Å². The lowest BCUT2D eigenvalue weighted by molar-refractivity contribution is -0.179. The second-order valence-electron chi connectivity index (χ2n) is 5.45. The van der Waals surface area contributed by atoms with E-state index in [1.165, 1.54) is 17.6 Å². The molecule has 0 unspecified atom stereocenters. The van der Waals surface area contributed by atoms with E-state index in [-0.39, 0.29) is 0 Å². The molecule has 0 aliphatic rings. The van der Waals surface area contributed by atoms with Gasteiger partial charge in [-0.15, -0.1) is 11.3 Å². The fraction of sp³-hybridized carbons (Fsp3) is 0.583. The van der Waals surface area contributed by atoms with E-state index >= 15 is 0 Å². The molecule has 0 radical (unpaired) electrons. The Labute approximate surface area is 116 Å². The van der Waals surface area contributed by atoms with Crippen LogP contribution >= 0.6 is 11.3 Å². The van der Waals surface area contributed by atoms with Crippen LogP contribution < -0.4 is 5.73 Å². The number of carbonyl (C=O) groups excluding carboxylic acids is 1. The lowest BCUT2D eigenvalue weighted by atomic mass is 10.1. The highest BCUT2D eigenvalue weighted by molar-refractivity contribution is 7.13. The van der Waals surface area contributed by atoms with Gasteiger partial charge in [-0.1, -0.05) is 5.16 Å². The monoisotopic (exact) mass is 285 g/mol. The van der Waals surface area contributed by atoms with Crippen LogP contribution in [0.4, 0.5) is 5.13 Å². The van der Waals surface area contributed by atoms with Crippen molar-refractivity contribution >= 4 is 28.7 Å². The van der Waals surface area contributed by atoms with Gasteiger partial charge in [-0.2, -0.15) is 0 Å². The fourth-order valence-corrected chi connectivity index (χ4v) is 1.52. The van der Waals surface area contributed by atoms with Crippen LogP contribution in [0.2, 0.25) is 0 Å². The number of nitrogens with zero attached hydrogens (tertiary/aromatic N) is 2. The zero-order valence-electron chi connectivity index (χ0n) is 11.8. The van der Waals surface area contributed by atoms with Crippen LogP contribution in [0, 0.1) is 0 Å². The van der Waals surface area contributed by atoms with Crippen LogP contribution in [-0.2, 0) is 14.4 Å². The molecule has 0 aromatic carbocycles. The molecule has 0 aliphatic carbocycles. The van der Waals surface area contributed by atoms with Gasteiger partial charge in [0, 0.05) is 5.38 Å². The van der Waals surface area contributed by atoms with Gasteiger partial charge in [0.2, 0.25) is 5.60 Å². The molecule has 0 atom stereocenters. The van der Waals surface area contributed by atoms with Gasteiger partial charge in [-0.05, 0) is 34.6 Å². The van der Waals surface area contributed by atoms with Crippen LogP contribution in [-0.4, -0.2) is 28.4 Å². The summed E-state index contributed by atoms with van der Waals surface area (Å²) in [5.41, 5.74) is 4.34. The number of hydrogen-bond acceptors (Lipinski definition) is 7. The van der Waals surface area contributed by atoms with Crippen molar-refractivity contribution in [2.45, 2.75) is 45.8 Å². The standard InChI is InChI=1S/C12H19N3O3S/c1-11(2,3)17-9(16)12(4,5)18-14-6-8-7-19-10(13)15-8/h6-7H,1-5H3,(H2,13,15)/b14-6-. The Balaban J connectivity index is 2.59. The quantitative estimate of drug-likeness (QED) is 0.520. The van der Waals surface area contributed by atoms with Crippen LogP contribution in [0.25, 0.3) is 0 Å². The molecule has 106 valence electrons. The molecule has 1 rings (SSSR count). The van der Waals surface area contributed by atoms with Gasteiger partial charge < -0.3 is 15.3 Å². The first-order valence-electron chi connectivity index (χ1n) is 5.76. The van der Waals surface area contributed by atoms with Crippen LogP contribution in [0.3, 0.4) is 0 Å². The number of nitrogen functional groups attached to an aromatic ring is 1. The average Bonchev–Trinajstić information content (AvgIpc) is 2.61. The Kier molecular flexibility index (Phi) is 4.52. The van der Waals surface area contributed by atoms with Crippen molar-refractivity contribution in [1.29, 1.82) is 0 Å². The van der Waals surface area contributed by atoms with Crippen molar-refractivity contribution in [2.24, 2.45) is 5.16 Å². The van der Waals surface area contributed by atoms with E-state index in [9.17, 15) is 4.79 Å². The van der Waals surface area contributed by atoms with Gasteiger partial charge >= 0.3 is 5.97 Å². The highest BCUT2D eigenvalue weighted by atomic mass is 32.1. The van der Waals surface area contributed by atoms with Crippen molar-refractivity contribution in [1.82, 2.24) is 4.98 Å². The highest BCUT2D eigenvalue weighted by Crippen LogP contribution is 2.18. The maximum atomic E-state index is 11.9. The Morgan fingerprint density at radius 3 is 2.53 bits per heavy atom.